The van der Waals surface area contributed by atoms with E-state index in [1.807, 2.05) is 24.3 Å². The van der Waals surface area contributed by atoms with Gasteiger partial charge in [-0.2, -0.15) is 0 Å². The number of aliphatic hydroxyl groups excluding tert-OH is 2. The topological polar surface area (TPSA) is 107 Å². The van der Waals surface area contributed by atoms with Crippen LogP contribution in [0.5, 0.6) is 28.7 Å². The van der Waals surface area contributed by atoms with Crippen LogP contribution in [-0.2, 0) is 11.2 Å². The van der Waals surface area contributed by atoms with Crippen LogP contribution in [0.15, 0.2) is 54.6 Å². The van der Waals surface area contributed by atoms with Gasteiger partial charge >= 0.3 is 0 Å². The van der Waals surface area contributed by atoms with Crippen LogP contribution in [0, 0.1) is 11.8 Å². The molecule has 39 heavy (non-hydrogen) atoms. The van der Waals surface area contributed by atoms with E-state index in [4.69, 9.17) is 23.7 Å². The Hall–Kier alpha value is -3.46. The SMILES string of the molecule is COCCCC1Oc2ccc(OC)cc2C(O)C1C1COc2c(Cc3cccc(O)c3)cc(OC)cc2C1O. The van der Waals surface area contributed by atoms with Gasteiger partial charge in [-0.15, -0.1) is 0 Å². The first-order valence-electron chi connectivity index (χ1n) is 13.2. The van der Waals surface area contributed by atoms with E-state index in [1.54, 1.807) is 51.7 Å². The second-order valence-electron chi connectivity index (χ2n) is 10.2. The first-order valence-corrected chi connectivity index (χ1v) is 13.2. The van der Waals surface area contributed by atoms with Crippen molar-refractivity contribution in [2.24, 2.45) is 11.8 Å². The third-order valence-electron chi connectivity index (χ3n) is 7.79. The zero-order chi connectivity index (χ0) is 27.5. The highest BCUT2D eigenvalue weighted by Gasteiger charge is 2.47. The van der Waals surface area contributed by atoms with Gasteiger partial charge in [0, 0.05) is 48.7 Å². The number of hydrogen-bond donors (Lipinski definition) is 3. The van der Waals surface area contributed by atoms with Crippen LogP contribution >= 0.6 is 0 Å². The smallest absolute Gasteiger partial charge is 0.128 e. The van der Waals surface area contributed by atoms with Crippen molar-refractivity contribution in [2.75, 3.05) is 34.5 Å². The van der Waals surface area contributed by atoms with Gasteiger partial charge in [0.1, 0.15) is 34.9 Å². The lowest BCUT2D eigenvalue weighted by atomic mass is 9.72. The van der Waals surface area contributed by atoms with Crippen molar-refractivity contribution in [3.05, 3.63) is 76.9 Å². The van der Waals surface area contributed by atoms with Crippen LogP contribution in [0.25, 0.3) is 0 Å². The molecule has 2 aliphatic rings. The van der Waals surface area contributed by atoms with Crippen molar-refractivity contribution in [3.8, 4) is 28.7 Å². The molecule has 0 amide bonds. The van der Waals surface area contributed by atoms with Crippen molar-refractivity contribution in [2.45, 2.75) is 37.6 Å². The maximum Gasteiger partial charge on any atom is 0.128 e. The molecule has 3 N–H and O–H groups in total. The molecule has 5 rings (SSSR count). The van der Waals surface area contributed by atoms with Gasteiger partial charge in [0.2, 0.25) is 0 Å². The Labute approximate surface area is 228 Å². The summed E-state index contributed by atoms with van der Waals surface area (Å²) in [6.07, 6.45) is -0.271. The fraction of sp³-hybridized carbons (Fsp3) is 0.419. The fourth-order valence-electron chi connectivity index (χ4n) is 5.87. The number of phenolic OH excluding ortho intramolecular Hbond substituents is 1. The minimum Gasteiger partial charge on any atom is -0.508 e. The zero-order valence-electron chi connectivity index (χ0n) is 22.5. The van der Waals surface area contributed by atoms with E-state index in [9.17, 15) is 15.3 Å². The van der Waals surface area contributed by atoms with Crippen LogP contribution in [0.1, 0.15) is 47.3 Å². The van der Waals surface area contributed by atoms with Gasteiger partial charge in [-0.3, -0.25) is 0 Å². The molecule has 0 saturated heterocycles. The van der Waals surface area contributed by atoms with Gasteiger partial charge in [0.05, 0.1) is 33.0 Å². The summed E-state index contributed by atoms with van der Waals surface area (Å²) in [4.78, 5) is 0. The van der Waals surface area contributed by atoms with Gasteiger partial charge in [0.15, 0.2) is 0 Å². The van der Waals surface area contributed by atoms with E-state index in [0.29, 0.717) is 53.6 Å². The van der Waals surface area contributed by atoms with E-state index < -0.39 is 24.0 Å². The van der Waals surface area contributed by atoms with Gasteiger partial charge in [-0.25, -0.2) is 0 Å². The molecule has 0 radical (unpaired) electrons. The third kappa shape index (κ3) is 5.50. The predicted molar refractivity (Wildman–Crippen MR) is 145 cm³/mol. The average Bonchev–Trinajstić information content (AvgIpc) is 2.94. The molecule has 2 heterocycles. The van der Waals surface area contributed by atoms with Gasteiger partial charge in [-0.05, 0) is 60.9 Å². The molecule has 0 fully saturated rings. The average molecular weight is 537 g/mol. The molecule has 0 aliphatic carbocycles. The van der Waals surface area contributed by atoms with E-state index in [-0.39, 0.29) is 18.5 Å². The van der Waals surface area contributed by atoms with Crippen molar-refractivity contribution in [1.82, 2.24) is 0 Å². The lowest BCUT2D eigenvalue weighted by molar-refractivity contribution is -0.0889. The first-order chi connectivity index (χ1) is 18.9. The number of ether oxygens (including phenoxy) is 5. The summed E-state index contributed by atoms with van der Waals surface area (Å²) in [6.45, 7) is 0.777. The highest BCUT2D eigenvalue weighted by atomic mass is 16.5. The van der Waals surface area contributed by atoms with Gasteiger partial charge < -0.3 is 39.0 Å². The molecule has 3 aromatic rings. The maximum absolute atomic E-state index is 11.8. The molecule has 8 nitrogen and oxygen atoms in total. The Balaban J connectivity index is 1.50. The molecule has 0 spiro atoms. The summed E-state index contributed by atoms with van der Waals surface area (Å²) in [7, 11) is 4.83. The Morgan fingerprint density at radius 2 is 1.69 bits per heavy atom. The quantitative estimate of drug-likeness (QED) is 0.341. The molecule has 0 aromatic heterocycles. The second-order valence-corrected chi connectivity index (χ2v) is 10.2. The maximum atomic E-state index is 11.8. The summed E-state index contributed by atoms with van der Waals surface area (Å²) >= 11 is 0. The number of rotatable bonds is 9. The highest BCUT2D eigenvalue weighted by Crippen LogP contribution is 2.51. The van der Waals surface area contributed by atoms with Crippen molar-refractivity contribution < 1.29 is 39.0 Å². The number of aromatic hydroxyl groups is 1. The van der Waals surface area contributed by atoms with E-state index >= 15 is 0 Å². The lowest BCUT2D eigenvalue weighted by Gasteiger charge is -2.44. The normalized spacial score (nSPS) is 23.7. The van der Waals surface area contributed by atoms with E-state index in [1.165, 1.54) is 0 Å². The van der Waals surface area contributed by atoms with Crippen LogP contribution in [0.2, 0.25) is 0 Å². The first kappa shape index (κ1) is 27.1. The number of methoxy groups -OCH3 is 3. The minimum atomic E-state index is -0.924. The number of phenols is 1. The number of fused-ring (bicyclic) bond motifs is 2. The number of hydrogen-bond acceptors (Lipinski definition) is 8. The monoisotopic (exact) mass is 536 g/mol. The standard InChI is InChI=1S/C31H36O8/c1-35-11-5-8-27-28(30(34)23-15-21(36-2)9-10-26(23)39-27)25-17-38-31-19(12-18-6-4-7-20(32)13-18)14-22(37-3)16-24(31)29(25)33/h4,6-7,9-10,13-16,25,27-30,32-34H,5,8,11-12,17H2,1-3H3. The summed E-state index contributed by atoms with van der Waals surface area (Å²) < 4.78 is 29.0. The Morgan fingerprint density at radius 3 is 2.44 bits per heavy atom. The number of aliphatic hydroxyl groups is 2. The molecule has 5 atom stereocenters. The summed E-state index contributed by atoms with van der Waals surface area (Å²) in [6, 6.07) is 16.2. The van der Waals surface area contributed by atoms with Crippen LogP contribution < -0.4 is 18.9 Å². The van der Waals surface area contributed by atoms with Gasteiger partial charge in [-0.1, -0.05) is 12.1 Å². The lowest BCUT2D eigenvalue weighted by Crippen LogP contribution is -2.46. The van der Waals surface area contributed by atoms with Crippen molar-refractivity contribution in [3.63, 3.8) is 0 Å². The molecule has 3 aromatic carbocycles. The molecule has 0 saturated carbocycles. The third-order valence-corrected chi connectivity index (χ3v) is 7.79. The Morgan fingerprint density at radius 1 is 0.897 bits per heavy atom. The van der Waals surface area contributed by atoms with Crippen molar-refractivity contribution >= 4 is 0 Å². The summed E-state index contributed by atoms with van der Waals surface area (Å²) in [5.74, 6) is 1.74. The molecule has 5 unspecified atom stereocenters. The van der Waals surface area contributed by atoms with E-state index in [2.05, 4.69) is 0 Å². The molecule has 208 valence electrons. The molecular formula is C31H36O8. The van der Waals surface area contributed by atoms with Crippen LogP contribution in [0.3, 0.4) is 0 Å². The summed E-state index contributed by atoms with van der Waals surface area (Å²) in [5.41, 5.74) is 3.00. The minimum absolute atomic E-state index is 0.188. The fourth-order valence-corrected chi connectivity index (χ4v) is 5.87. The summed E-state index contributed by atoms with van der Waals surface area (Å²) in [5, 5.41) is 33.4. The van der Waals surface area contributed by atoms with Gasteiger partial charge in [0.25, 0.3) is 0 Å². The van der Waals surface area contributed by atoms with Crippen LogP contribution in [0.4, 0.5) is 0 Å². The Kier molecular flexibility index (Phi) is 8.16. The molecule has 8 heteroatoms. The highest BCUT2D eigenvalue weighted by molar-refractivity contribution is 5.52. The second kappa shape index (κ2) is 11.7. The molecular weight excluding hydrogens is 500 g/mol. The van der Waals surface area contributed by atoms with E-state index in [0.717, 1.165) is 17.5 Å². The van der Waals surface area contributed by atoms with Crippen LogP contribution in [-0.4, -0.2) is 56.0 Å². The predicted octanol–water partition coefficient (Wildman–Crippen LogP) is 4.58. The zero-order valence-corrected chi connectivity index (χ0v) is 22.5. The Bertz CT molecular complexity index is 1290. The molecule has 2 aliphatic heterocycles. The molecule has 0 bridgehead atoms. The van der Waals surface area contributed by atoms with Crippen molar-refractivity contribution in [1.29, 1.82) is 0 Å². The number of benzene rings is 3. The largest absolute Gasteiger partial charge is 0.508 e.